The van der Waals surface area contributed by atoms with Crippen molar-refractivity contribution in [3.63, 3.8) is 0 Å². The molecule has 0 aliphatic carbocycles. The standard InChI is InChI=1S/C21H24F3N5O2S2/c1-6-32-16-11-17(33-20(2,3)4)15(29(30)31)10-13(16)18-26-27-19(28(18)5)14-9-12(7-8-25-14)21(22,23)24/h7-11,25,27H,6H2,1-5H3. The largest absolute Gasteiger partial charge is 0.416 e. The lowest BCUT2D eigenvalue weighted by molar-refractivity contribution is -0.387. The van der Waals surface area contributed by atoms with Gasteiger partial charge in [0.15, 0.2) is 11.7 Å². The third-order valence-corrected chi connectivity index (χ3v) is 6.62. The van der Waals surface area contributed by atoms with Crippen LogP contribution < -0.4 is 10.7 Å². The molecule has 0 fully saturated rings. The molecule has 33 heavy (non-hydrogen) atoms. The molecular weight excluding hydrogens is 475 g/mol. The molecule has 178 valence electrons. The van der Waals surface area contributed by atoms with Crippen LogP contribution in [0.15, 0.2) is 62.5 Å². The lowest BCUT2D eigenvalue weighted by Crippen LogP contribution is -2.29. The second kappa shape index (κ2) is 9.34. The third kappa shape index (κ3) is 5.67. The van der Waals surface area contributed by atoms with Gasteiger partial charge in [-0.2, -0.15) is 18.3 Å². The van der Waals surface area contributed by atoms with Gasteiger partial charge in [-0.25, -0.2) is 0 Å². The second-order valence-electron chi connectivity index (χ2n) is 8.16. The van der Waals surface area contributed by atoms with Crippen molar-refractivity contribution in [2.24, 2.45) is 5.10 Å². The summed E-state index contributed by atoms with van der Waals surface area (Å²) < 4.78 is 39.2. The Morgan fingerprint density at radius 1 is 1.21 bits per heavy atom. The predicted molar refractivity (Wildman–Crippen MR) is 126 cm³/mol. The van der Waals surface area contributed by atoms with Crippen LogP contribution in [0.5, 0.6) is 0 Å². The van der Waals surface area contributed by atoms with Crippen LogP contribution in [0.25, 0.3) is 0 Å². The van der Waals surface area contributed by atoms with Crippen molar-refractivity contribution in [1.82, 2.24) is 15.6 Å². The average Bonchev–Trinajstić information content (AvgIpc) is 3.07. The second-order valence-corrected chi connectivity index (χ2v) is 11.3. The molecule has 0 atom stereocenters. The number of rotatable bonds is 5. The van der Waals surface area contributed by atoms with Gasteiger partial charge in [0.2, 0.25) is 0 Å². The first-order valence-corrected chi connectivity index (χ1v) is 11.8. The fraction of sp³-hybridized carbons (Fsp3) is 0.381. The maximum absolute atomic E-state index is 13.2. The van der Waals surface area contributed by atoms with Crippen molar-refractivity contribution < 1.29 is 18.1 Å². The topological polar surface area (TPSA) is 82.8 Å². The normalized spacial score (nSPS) is 18.6. The Kier molecular flexibility index (Phi) is 7.08. The van der Waals surface area contributed by atoms with E-state index < -0.39 is 16.7 Å². The van der Waals surface area contributed by atoms with Gasteiger partial charge < -0.3 is 10.2 Å². The summed E-state index contributed by atoms with van der Waals surface area (Å²) in [5, 5.41) is 18.9. The smallest absolute Gasteiger partial charge is 0.359 e. The number of halogens is 3. The van der Waals surface area contributed by atoms with Crippen molar-refractivity contribution in [1.29, 1.82) is 0 Å². The van der Waals surface area contributed by atoms with Crippen molar-refractivity contribution in [3.05, 3.63) is 63.3 Å². The molecule has 0 unspecified atom stereocenters. The summed E-state index contributed by atoms with van der Waals surface area (Å²) in [6, 6.07) is 3.28. The quantitative estimate of drug-likeness (QED) is 0.311. The summed E-state index contributed by atoms with van der Waals surface area (Å²) >= 11 is 2.93. The molecule has 2 heterocycles. The molecule has 0 radical (unpaired) electrons. The molecule has 1 aromatic rings. The number of allylic oxidation sites excluding steroid dienone is 3. The average molecular weight is 500 g/mol. The van der Waals surface area contributed by atoms with E-state index in [1.54, 1.807) is 18.0 Å². The van der Waals surface area contributed by atoms with Gasteiger partial charge in [-0.3, -0.25) is 15.5 Å². The minimum atomic E-state index is -4.49. The van der Waals surface area contributed by atoms with Crippen LogP contribution in [-0.2, 0) is 0 Å². The summed E-state index contributed by atoms with van der Waals surface area (Å²) in [6.07, 6.45) is -1.34. The van der Waals surface area contributed by atoms with Gasteiger partial charge in [0.25, 0.3) is 5.69 Å². The molecule has 0 saturated heterocycles. The number of nitro benzene ring substituents is 1. The van der Waals surface area contributed by atoms with Gasteiger partial charge in [-0.1, -0.05) is 27.7 Å². The van der Waals surface area contributed by atoms with Gasteiger partial charge in [-0.05, 0) is 24.0 Å². The molecule has 0 saturated carbocycles. The summed E-state index contributed by atoms with van der Waals surface area (Å²) in [5.74, 6) is 1.41. The highest BCUT2D eigenvalue weighted by Crippen LogP contribution is 2.42. The van der Waals surface area contributed by atoms with Crippen LogP contribution in [0.3, 0.4) is 0 Å². The van der Waals surface area contributed by atoms with Gasteiger partial charge in [0.1, 0.15) is 0 Å². The van der Waals surface area contributed by atoms with Crippen LogP contribution in [0.1, 0.15) is 33.3 Å². The third-order valence-electron chi connectivity index (χ3n) is 4.52. The number of amidine groups is 1. The number of hydrogen-bond acceptors (Lipinski definition) is 8. The number of nitrogens with one attached hydrogen (secondary N) is 2. The monoisotopic (exact) mass is 499 g/mol. The predicted octanol–water partition coefficient (Wildman–Crippen LogP) is 5.57. The Bertz CT molecular complexity index is 1090. The molecular formula is C21H24F3N5O2S2. The minimum absolute atomic E-state index is 0.0411. The zero-order valence-electron chi connectivity index (χ0n) is 18.7. The summed E-state index contributed by atoms with van der Waals surface area (Å²) in [7, 11) is 1.65. The van der Waals surface area contributed by atoms with E-state index >= 15 is 0 Å². The van der Waals surface area contributed by atoms with Gasteiger partial charge in [0.05, 0.1) is 21.1 Å². The van der Waals surface area contributed by atoms with Crippen LogP contribution in [0.4, 0.5) is 18.9 Å². The van der Waals surface area contributed by atoms with Crippen molar-refractivity contribution >= 4 is 35.0 Å². The Morgan fingerprint density at radius 2 is 1.91 bits per heavy atom. The lowest BCUT2D eigenvalue weighted by Gasteiger charge is -2.22. The lowest BCUT2D eigenvalue weighted by atomic mass is 10.1. The molecule has 12 heteroatoms. The highest BCUT2D eigenvalue weighted by atomic mass is 32.2. The van der Waals surface area contributed by atoms with Crippen molar-refractivity contribution in [2.75, 3.05) is 12.8 Å². The van der Waals surface area contributed by atoms with E-state index in [0.717, 1.165) is 22.8 Å². The number of benzene rings is 1. The molecule has 3 rings (SSSR count). The Balaban J connectivity index is 2.06. The van der Waals surface area contributed by atoms with Crippen LogP contribution in [0, 0.1) is 10.1 Å². The fourth-order valence-electron chi connectivity index (χ4n) is 3.18. The van der Waals surface area contributed by atoms with Gasteiger partial charge >= 0.3 is 6.18 Å². The number of hydrogen-bond donors (Lipinski definition) is 2. The number of thioether (sulfide) groups is 2. The summed E-state index contributed by atoms with van der Waals surface area (Å²) in [5.41, 5.74) is 2.65. The SMILES string of the molecule is CCSc1cc(SC(C)(C)C)c([N+](=O)[O-])cc1C1=NNC(=C2C=C(C(F)(F)F)C=CN2)N1C. The number of alkyl halides is 3. The highest BCUT2D eigenvalue weighted by Gasteiger charge is 2.35. The Morgan fingerprint density at radius 3 is 2.48 bits per heavy atom. The molecule has 7 nitrogen and oxygen atoms in total. The van der Waals surface area contributed by atoms with E-state index in [4.69, 9.17) is 0 Å². The van der Waals surface area contributed by atoms with Crippen molar-refractivity contribution in [2.45, 2.75) is 48.4 Å². The number of hydrazone groups is 1. The molecule has 2 N–H and O–H groups in total. The van der Waals surface area contributed by atoms with Crippen LogP contribution in [0.2, 0.25) is 0 Å². The van der Waals surface area contributed by atoms with E-state index in [-0.39, 0.29) is 16.1 Å². The molecule has 1 aromatic carbocycles. The zero-order valence-corrected chi connectivity index (χ0v) is 20.3. The molecule has 0 spiro atoms. The first kappa shape index (κ1) is 25.0. The molecule has 2 aliphatic heterocycles. The molecule has 0 amide bonds. The van der Waals surface area contributed by atoms with Crippen LogP contribution >= 0.6 is 23.5 Å². The van der Waals surface area contributed by atoms with E-state index in [2.05, 4.69) is 15.8 Å². The molecule has 2 aliphatic rings. The maximum atomic E-state index is 13.2. The zero-order chi connectivity index (χ0) is 24.6. The summed E-state index contributed by atoms with van der Waals surface area (Å²) in [6.45, 7) is 7.91. The van der Waals surface area contributed by atoms with E-state index in [1.807, 2.05) is 27.7 Å². The van der Waals surface area contributed by atoms with Crippen molar-refractivity contribution in [3.8, 4) is 0 Å². The number of dihydropyridines is 1. The van der Waals surface area contributed by atoms with E-state index in [0.29, 0.717) is 22.1 Å². The fourth-order valence-corrected chi connectivity index (χ4v) is 5.14. The molecule has 0 bridgehead atoms. The number of nitrogens with zero attached hydrogens (tertiary/aromatic N) is 3. The first-order chi connectivity index (χ1) is 15.3. The number of nitro groups is 1. The first-order valence-electron chi connectivity index (χ1n) is 10.00. The van der Waals surface area contributed by atoms with E-state index in [1.165, 1.54) is 35.8 Å². The Labute approximate surface area is 198 Å². The van der Waals surface area contributed by atoms with Gasteiger partial charge in [0, 0.05) is 34.5 Å². The van der Waals surface area contributed by atoms with E-state index in [9.17, 15) is 23.3 Å². The maximum Gasteiger partial charge on any atom is 0.416 e. The molecule has 0 aromatic heterocycles. The van der Waals surface area contributed by atoms with Crippen LogP contribution in [-0.4, -0.2) is 39.4 Å². The highest BCUT2D eigenvalue weighted by molar-refractivity contribution is 8.01. The minimum Gasteiger partial charge on any atom is -0.359 e. The van der Waals surface area contributed by atoms with Gasteiger partial charge in [-0.15, -0.1) is 23.5 Å². The Hall–Kier alpha value is -2.60. The summed E-state index contributed by atoms with van der Waals surface area (Å²) in [4.78, 5) is 14.4.